The Morgan fingerprint density at radius 2 is 1.86 bits per heavy atom. The summed E-state index contributed by atoms with van der Waals surface area (Å²) in [6, 6.07) is 10.5. The SMILES string of the molecule is CC(C)C(N)CCN(C)C(=O)CCCc1ccccc1.Cl. The lowest BCUT2D eigenvalue weighted by atomic mass is 10.0. The molecule has 1 atom stereocenters. The van der Waals surface area contributed by atoms with Crippen molar-refractivity contribution in [1.29, 1.82) is 0 Å². The minimum Gasteiger partial charge on any atom is -0.346 e. The normalized spacial score (nSPS) is 11.9. The molecule has 0 aliphatic carbocycles. The highest BCUT2D eigenvalue weighted by molar-refractivity contribution is 5.85. The second kappa shape index (κ2) is 10.6. The lowest BCUT2D eigenvalue weighted by molar-refractivity contribution is -0.130. The Morgan fingerprint density at radius 3 is 2.43 bits per heavy atom. The Bertz CT molecular complexity index is 395. The maximum atomic E-state index is 12.0. The molecule has 3 nitrogen and oxygen atoms in total. The summed E-state index contributed by atoms with van der Waals surface area (Å²) in [6.07, 6.45) is 3.36. The van der Waals surface area contributed by atoms with Crippen molar-refractivity contribution >= 4 is 18.3 Å². The number of nitrogens with zero attached hydrogens (tertiary/aromatic N) is 1. The van der Waals surface area contributed by atoms with Gasteiger partial charge in [-0.2, -0.15) is 0 Å². The molecule has 0 heterocycles. The van der Waals surface area contributed by atoms with Crippen molar-refractivity contribution in [3.63, 3.8) is 0 Å². The van der Waals surface area contributed by atoms with Gasteiger partial charge in [0.15, 0.2) is 0 Å². The molecule has 1 aromatic rings. The second-order valence-electron chi connectivity index (χ2n) is 5.85. The first kappa shape index (κ1) is 19.9. The van der Waals surface area contributed by atoms with Crippen LogP contribution in [0.15, 0.2) is 30.3 Å². The third-order valence-corrected chi connectivity index (χ3v) is 3.78. The van der Waals surface area contributed by atoms with E-state index in [0.717, 1.165) is 25.8 Å². The topological polar surface area (TPSA) is 46.3 Å². The molecule has 1 amide bonds. The van der Waals surface area contributed by atoms with Crippen molar-refractivity contribution in [3.05, 3.63) is 35.9 Å². The van der Waals surface area contributed by atoms with Gasteiger partial charge in [0, 0.05) is 26.1 Å². The van der Waals surface area contributed by atoms with Crippen LogP contribution in [0.25, 0.3) is 0 Å². The molecule has 0 bridgehead atoms. The number of carbonyl (C=O) groups is 1. The Labute approximate surface area is 135 Å². The molecule has 0 radical (unpaired) electrons. The maximum Gasteiger partial charge on any atom is 0.222 e. The van der Waals surface area contributed by atoms with Gasteiger partial charge in [0.05, 0.1) is 0 Å². The lowest BCUT2D eigenvalue weighted by Gasteiger charge is -2.21. The predicted molar refractivity (Wildman–Crippen MR) is 91.7 cm³/mol. The number of halogens is 1. The van der Waals surface area contributed by atoms with Gasteiger partial charge in [0.2, 0.25) is 5.91 Å². The molecule has 0 fully saturated rings. The number of carbonyl (C=O) groups excluding carboxylic acids is 1. The number of rotatable bonds is 8. The molecule has 0 saturated carbocycles. The first-order chi connectivity index (χ1) is 9.50. The van der Waals surface area contributed by atoms with Gasteiger partial charge in [0.25, 0.3) is 0 Å². The zero-order valence-electron chi connectivity index (χ0n) is 13.4. The van der Waals surface area contributed by atoms with Crippen LogP contribution in [0.2, 0.25) is 0 Å². The number of hydrogen-bond donors (Lipinski definition) is 1. The van der Waals surface area contributed by atoms with E-state index in [4.69, 9.17) is 5.73 Å². The summed E-state index contributed by atoms with van der Waals surface area (Å²) in [6.45, 7) is 4.99. The van der Waals surface area contributed by atoms with Gasteiger partial charge in [-0.1, -0.05) is 44.2 Å². The van der Waals surface area contributed by atoms with E-state index in [1.54, 1.807) is 0 Å². The van der Waals surface area contributed by atoms with Crippen LogP contribution in [0.5, 0.6) is 0 Å². The van der Waals surface area contributed by atoms with E-state index in [-0.39, 0.29) is 24.4 Å². The van der Waals surface area contributed by atoms with E-state index in [1.807, 2.05) is 30.1 Å². The van der Waals surface area contributed by atoms with E-state index in [1.165, 1.54) is 5.56 Å². The highest BCUT2D eigenvalue weighted by Gasteiger charge is 2.12. The molecule has 120 valence electrons. The molecule has 0 aliphatic heterocycles. The summed E-state index contributed by atoms with van der Waals surface area (Å²) in [7, 11) is 1.87. The van der Waals surface area contributed by atoms with Crippen molar-refractivity contribution in [2.75, 3.05) is 13.6 Å². The van der Waals surface area contributed by atoms with Gasteiger partial charge < -0.3 is 10.6 Å². The van der Waals surface area contributed by atoms with Crippen LogP contribution in [0.4, 0.5) is 0 Å². The minimum atomic E-state index is 0. The van der Waals surface area contributed by atoms with Crippen molar-refractivity contribution in [2.45, 2.75) is 45.6 Å². The quantitative estimate of drug-likeness (QED) is 0.801. The summed E-state index contributed by atoms with van der Waals surface area (Å²) in [5, 5.41) is 0. The molecule has 0 aliphatic rings. The Kier molecular flexibility index (Phi) is 10.1. The molecule has 1 aromatic carbocycles. The number of aryl methyl sites for hydroxylation is 1. The first-order valence-electron chi connectivity index (χ1n) is 7.54. The van der Waals surface area contributed by atoms with Gasteiger partial charge >= 0.3 is 0 Å². The average molecular weight is 313 g/mol. The predicted octanol–water partition coefficient (Wildman–Crippen LogP) is 3.26. The fourth-order valence-corrected chi connectivity index (χ4v) is 2.08. The molecular weight excluding hydrogens is 284 g/mol. The standard InChI is InChI=1S/C17H28N2O.ClH/c1-14(2)16(18)12-13-19(3)17(20)11-7-10-15-8-5-4-6-9-15;/h4-6,8-9,14,16H,7,10-13,18H2,1-3H3;1H. The van der Waals surface area contributed by atoms with Gasteiger partial charge in [-0.15, -0.1) is 12.4 Å². The van der Waals surface area contributed by atoms with Gasteiger partial charge in [-0.25, -0.2) is 0 Å². The summed E-state index contributed by atoms with van der Waals surface area (Å²) in [5.41, 5.74) is 7.30. The van der Waals surface area contributed by atoms with Crippen molar-refractivity contribution in [1.82, 2.24) is 4.90 Å². The van der Waals surface area contributed by atoms with Gasteiger partial charge in [-0.3, -0.25) is 4.79 Å². The molecule has 0 saturated heterocycles. The van der Waals surface area contributed by atoms with Crippen LogP contribution >= 0.6 is 12.4 Å². The fraction of sp³-hybridized carbons (Fsp3) is 0.588. The average Bonchev–Trinajstić information content (AvgIpc) is 2.45. The molecule has 4 heteroatoms. The van der Waals surface area contributed by atoms with Crippen molar-refractivity contribution in [2.24, 2.45) is 11.7 Å². The minimum absolute atomic E-state index is 0. The summed E-state index contributed by atoms with van der Waals surface area (Å²) in [5.74, 6) is 0.688. The van der Waals surface area contributed by atoms with Crippen LogP contribution in [0.1, 0.15) is 38.7 Å². The van der Waals surface area contributed by atoms with E-state index < -0.39 is 0 Å². The zero-order chi connectivity index (χ0) is 15.0. The van der Waals surface area contributed by atoms with E-state index >= 15 is 0 Å². The Morgan fingerprint density at radius 1 is 1.24 bits per heavy atom. The first-order valence-corrected chi connectivity index (χ1v) is 7.54. The molecule has 1 unspecified atom stereocenters. The third-order valence-electron chi connectivity index (χ3n) is 3.78. The number of hydrogen-bond acceptors (Lipinski definition) is 2. The molecule has 0 aromatic heterocycles. The molecular formula is C17H29ClN2O. The van der Waals surface area contributed by atoms with Crippen molar-refractivity contribution < 1.29 is 4.79 Å². The van der Waals surface area contributed by atoms with E-state index in [2.05, 4.69) is 26.0 Å². The number of amides is 1. The van der Waals surface area contributed by atoms with Crippen LogP contribution < -0.4 is 5.73 Å². The van der Waals surface area contributed by atoms with Crippen LogP contribution in [0.3, 0.4) is 0 Å². The Hall–Kier alpha value is -1.06. The highest BCUT2D eigenvalue weighted by atomic mass is 35.5. The highest BCUT2D eigenvalue weighted by Crippen LogP contribution is 2.07. The van der Waals surface area contributed by atoms with E-state index in [9.17, 15) is 4.79 Å². The number of nitrogens with two attached hydrogens (primary N) is 1. The monoisotopic (exact) mass is 312 g/mol. The fourth-order valence-electron chi connectivity index (χ4n) is 2.08. The van der Waals surface area contributed by atoms with Crippen LogP contribution in [-0.2, 0) is 11.2 Å². The maximum absolute atomic E-state index is 12.0. The lowest BCUT2D eigenvalue weighted by Crippen LogP contribution is -2.34. The zero-order valence-corrected chi connectivity index (χ0v) is 14.2. The molecule has 2 N–H and O–H groups in total. The molecule has 0 spiro atoms. The third kappa shape index (κ3) is 8.08. The molecule has 1 rings (SSSR count). The van der Waals surface area contributed by atoms with Gasteiger partial charge in [0.1, 0.15) is 0 Å². The van der Waals surface area contributed by atoms with Crippen LogP contribution in [0, 0.1) is 5.92 Å². The summed E-state index contributed by atoms with van der Waals surface area (Å²) in [4.78, 5) is 13.8. The Balaban J connectivity index is 0.00000400. The smallest absolute Gasteiger partial charge is 0.222 e. The number of benzene rings is 1. The van der Waals surface area contributed by atoms with Crippen molar-refractivity contribution in [3.8, 4) is 0 Å². The van der Waals surface area contributed by atoms with Gasteiger partial charge in [-0.05, 0) is 30.7 Å². The second-order valence-corrected chi connectivity index (χ2v) is 5.85. The van der Waals surface area contributed by atoms with Crippen LogP contribution in [-0.4, -0.2) is 30.4 Å². The summed E-state index contributed by atoms with van der Waals surface area (Å²) < 4.78 is 0. The largest absolute Gasteiger partial charge is 0.346 e. The summed E-state index contributed by atoms with van der Waals surface area (Å²) >= 11 is 0. The van der Waals surface area contributed by atoms with E-state index in [0.29, 0.717) is 12.3 Å². The molecule has 21 heavy (non-hydrogen) atoms.